The lowest BCUT2D eigenvalue weighted by Crippen LogP contribution is -2.42. The molecule has 3 rings (SSSR count). The highest BCUT2D eigenvalue weighted by atomic mass is 35.5. The van der Waals surface area contributed by atoms with Crippen molar-refractivity contribution in [2.75, 3.05) is 6.54 Å². The van der Waals surface area contributed by atoms with E-state index in [0.717, 1.165) is 29.9 Å². The highest BCUT2D eigenvalue weighted by molar-refractivity contribution is 7.89. The van der Waals surface area contributed by atoms with E-state index in [0.29, 0.717) is 17.9 Å². The van der Waals surface area contributed by atoms with Crippen molar-refractivity contribution >= 4 is 21.6 Å². The first-order valence-electron chi connectivity index (χ1n) is 8.94. The van der Waals surface area contributed by atoms with Crippen LogP contribution in [-0.4, -0.2) is 25.3 Å². The predicted octanol–water partition coefficient (Wildman–Crippen LogP) is 4.90. The van der Waals surface area contributed by atoms with Crippen LogP contribution in [0.2, 0.25) is 0 Å². The van der Waals surface area contributed by atoms with Gasteiger partial charge < -0.3 is 0 Å². The quantitative estimate of drug-likeness (QED) is 0.704. The zero-order valence-electron chi connectivity index (χ0n) is 14.9. The number of sulfonamides is 1. The second kappa shape index (κ2) is 8.38. The zero-order chi connectivity index (χ0) is 18.6. The Morgan fingerprint density at radius 3 is 2.46 bits per heavy atom. The largest absolute Gasteiger partial charge is 0.243 e. The summed E-state index contributed by atoms with van der Waals surface area (Å²) in [5, 5.41) is 0.755. The molecule has 0 saturated carbocycles. The van der Waals surface area contributed by atoms with Gasteiger partial charge >= 0.3 is 0 Å². The van der Waals surface area contributed by atoms with E-state index in [1.54, 1.807) is 22.5 Å². The van der Waals surface area contributed by atoms with Crippen LogP contribution < -0.4 is 0 Å². The van der Waals surface area contributed by atoms with E-state index in [9.17, 15) is 8.42 Å². The van der Waals surface area contributed by atoms with Gasteiger partial charge in [0.15, 0.2) is 0 Å². The SMILES string of the molecule is Cc1ccc(S(=O)(=O)N2CC=C(Cl)CC2CCCc2ccccc2)cc1. The molecule has 0 aromatic heterocycles. The monoisotopic (exact) mass is 389 g/mol. The molecule has 1 atom stereocenters. The van der Waals surface area contributed by atoms with Crippen LogP contribution in [0.5, 0.6) is 0 Å². The second-order valence-electron chi connectivity index (χ2n) is 6.77. The first-order valence-corrected chi connectivity index (χ1v) is 10.8. The summed E-state index contributed by atoms with van der Waals surface area (Å²) in [4.78, 5) is 0.350. The molecular weight excluding hydrogens is 366 g/mol. The Balaban J connectivity index is 1.74. The van der Waals surface area contributed by atoms with Crippen LogP contribution in [0.3, 0.4) is 0 Å². The van der Waals surface area contributed by atoms with Crippen LogP contribution in [0.4, 0.5) is 0 Å². The minimum absolute atomic E-state index is 0.0949. The van der Waals surface area contributed by atoms with Gasteiger partial charge in [0.05, 0.1) is 4.90 Å². The van der Waals surface area contributed by atoms with Gasteiger partial charge in [0.1, 0.15) is 0 Å². The number of halogens is 1. The molecule has 0 aliphatic carbocycles. The van der Waals surface area contributed by atoms with E-state index in [4.69, 9.17) is 11.6 Å². The summed E-state index contributed by atoms with van der Waals surface area (Å²) in [6.45, 7) is 2.29. The Labute approximate surface area is 161 Å². The van der Waals surface area contributed by atoms with Crippen molar-refractivity contribution in [1.82, 2.24) is 4.31 Å². The van der Waals surface area contributed by atoms with Crippen LogP contribution in [0.15, 0.2) is 70.6 Å². The summed E-state index contributed by atoms with van der Waals surface area (Å²) in [6, 6.07) is 17.2. The number of rotatable bonds is 6. The van der Waals surface area contributed by atoms with E-state index >= 15 is 0 Å². The molecule has 0 fully saturated rings. The Kier molecular flexibility index (Phi) is 6.17. The van der Waals surface area contributed by atoms with Crippen LogP contribution in [0.1, 0.15) is 30.4 Å². The standard InChI is InChI=1S/C21H24ClNO2S/c1-17-10-12-21(13-11-17)26(24,25)23-15-14-19(22)16-20(23)9-5-8-18-6-3-2-4-7-18/h2-4,6-7,10-14,20H,5,8-9,15-16H2,1H3. The van der Waals surface area contributed by atoms with Crippen molar-refractivity contribution in [2.45, 2.75) is 43.5 Å². The van der Waals surface area contributed by atoms with Gasteiger partial charge in [0.25, 0.3) is 0 Å². The normalized spacial score (nSPS) is 18.5. The molecule has 1 unspecified atom stereocenters. The molecule has 5 heteroatoms. The van der Waals surface area contributed by atoms with Gasteiger partial charge in [-0.1, -0.05) is 65.7 Å². The summed E-state index contributed by atoms with van der Waals surface area (Å²) in [5.41, 5.74) is 2.32. The summed E-state index contributed by atoms with van der Waals surface area (Å²) in [7, 11) is -3.52. The van der Waals surface area contributed by atoms with Crippen LogP contribution in [0.25, 0.3) is 0 Å². The number of benzene rings is 2. The molecule has 2 aromatic rings. The maximum absolute atomic E-state index is 13.1. The molecule has 0 N–H and O–H groups in total. The fraction of sp³-hybridized carbons (Fsp3) is 0.333. The Bertz CT molecular complexity index is 861. The maximum atomic E-state index is 13.1. The highest BCUT2D eigenvalue weighted by Crippen LogP contribution is 2.29. The molecule has 1 aliphatic heterocycles. The number of aryl methyl sites for hydroxylation is 2. The van der Waals surface area contributed by atoms with Crippen molar-refractivity contribution in [2.24, 2.45) is 0 Å². The van der Waals surface area contributed by atoms with Crippen molar-refractivity contribution < 1.29 is 8.42 Å². The lowest BCUT2D eigenvalue weighted by atomic mass is 10.0. The zero-order valence-corrected chi connectivity index (χ0v) is 16.5. The Morgan fingerprint density at radius 2 is 1.77 bits per heavy atom. The summed E-state index contributed by atoms with van der Waals surface area (Å²) in [5.74, 6) is 0. The summed E-state index contributed by atoms with van der Waals surface area (Å²) < 4.78 is 27.8. The van der Waals surface area contributed by atoms with Crippen molar-refractivity contribution in [3.05, 3.63) is 76.8 Å². The smallest absolute Gasteiger partial charge is 0.207 e. The van der Waals surface area contributed by atoms with Gasteiger partial charge in [-0.3, -0.25) is 0 Å². The van der Waals surface area contributed by atoms with Crippen molar-refractivity contribution in [3.8, 4) is 0 Å². The fourth-order valence-electron chi connectivity index (χ4n) is 3.32. The first kappa shape index (κ1) is 19.2. The summed E-state index contributed by atoms with van der Waals surface area (Å²) in [6.07, 6.45) is 5.06. The number of hydrogen-bond donors (Lipinski definition) is 0. The lowest BCUT2D eigenvalue weighted by molar-refractivity contribution is 0.309. The molecule has 26 heavy (non-hydrogen) atoms. The molecule has 1 aliphatic rings. The molecule has 0 spiro atoms. The van der Waals surface area contributed by atoms with E-state index in [1.165, 1.54) is 5.56 Å². The number of nitrogens with zero attached hydrogens (tertiary/aromatic N) is 1. The lowest BCUT2D eigenvalue weighted by Gasteiger charge is -2.33. The maximum Gasteiger partial charge on any atom is 0.243 e. The van der Waals surface area contributed by atoms with Crippen LogP contribution in [-0.2, 0) is 16.4 Å². The Hall–Kier alpha value is -1.62. The van der Waals surface area contributed by atoms with E-state index in [1.807, 2.05) is 37.3 Å². The average Bonchev–Trinajstić information content (AvgIpc) is 2.63. The van der Waals surface area contributed by atoms with Gasteiger partial charge in [0, 0.05) is 17.6 Å². The molecule has 138 valence electrons. The minimum Gasteiger partial charge on any atom is -0.207 e. The molecule has 0 saturated heterocycles. The van der Waals surface area contributed by atoms with Crippen LogP contribution >= 0.6 is 11.6 Å². The van der Waals surface area contributed by atoms with Gasteiger partial charge in [-0.05, 0) is 50.3 Å². The van der Waals surface area contributed by atoms with E-state index in [-0.39, 0.29) is 6.04 Å². The minimum atomic E-state index is -3.52. The Morgan fingerprint density at radius 1 is 1.08 bits per heavy atom. The molecule has 1 heterocycles. The second-order valence-corrected chi connectivity index (χ2v) is 9.15. The molecule has 0 radical (unpaired) electrons. The third-order valence-electron chi connectivity index (χ3n) is 4.80. The van der Waals surface area contributed by atoms with Crippen LogP contribution in [0, 0.1) is 6.92 Å². The third-order valence-corrected chi connectivity index (χ3v) is 7.04. The molecule has 2 aromatic carbocycles. The predicted molar refractivity (Wildman–Crippen MR) is 107 cm³/mol. The van der Waals surface area contributed by atoms with Gasteiger partial charge in [0.2, 0.25) is 10.0 Å². The van der Waals surface area contributed by atoms with Crippen molar-refractivity contribution in [1.29, 1.82) is 0 Å². The molecule has 3 nitrogen and oxygen atoms in total. The highest BCUT2D eigenvalue weighted by Gasteiger charge is 2.33. The topological polar surface area (TPSA) is 37.4 Å². The number of hydrogen-bond acceptors (Lipinski definition) is 2. The van der Waals surface area contributed by atoms with Gasteiger partial charge in [-0.15, -0.1) is 0 Å². The summed E-state index contributed by atoms with van der Waals surface area (Å²) >= 11 is 6.23. The van der Waals surface area contributed by atoms with E-state index in [2.05, 4.69) is 12.1 Å². The van der Waals surface area contributed by atoms with Crippen molar-refractivity contribution in [3.63, 3.8) is 0 Å². The average molecular weight is 390 g/mol. The molecular formula is C21H24ClNO2S. The van der Waals surface area contributed by atoms with Gasteiger partial charge in [-0.2, -0.15) is 4.31 Å². The first-order chi connectivity index (χ1) is 12.5. The third kappa shape index (κ3) is 4.56. The molecule has 0 amide bonds. The fourth-order valence-corrected chi connectivity index (χ4v) is 5.16. The van der Waals surface area contributed by atoms with E-state index < -0.39 is 10.0 Å². The van der Waals surface area contributed by atoms with Gasteiger partial charge in [-0.25, -0.2) is 8.42 Å². The molecule has 0 bridgehead atoms.